The van der Waals surface area contributed by atoms with E-state index in [0.29, 0.717) is 7.92 Å². The molecule has 0 saturated carbocycles. The second-order valence-corrected chi connectivity index (χ2v) is 6.97. The first-order chi connectivity index (χ1) is 5.60. The van der Waals surface area contributed by atoms with E-state index in [1.807, 2.05) is 0 Å². The molecule has 0 rings (SSSR count). The Kier molecular flexibility index (Phi) is 7.14. The molecule has 2 unspecified atom stereocenters. The van der Waals surface area contributed by atoms with E-state index in [2.05, 4.69) is 34.4 Å². The molecule has 0 N–H and O–H groups in total. The normalized spacial score (nSPS) is 16.5. The quantitative estimate of drug-likeness (QED) is 0.548. The van der Waals surface area contributed by atoms with E-state index in [1.165, 1.54) is 25.2 Å². The molecule has 0 spiro atoms. The van der Waals surface area contributed by atoms with Crippen molar-refractivity contribution < 1.29 is 0 Å². The van der Waals surface area contributed by atoms with Crippen LogP contribution >= 0.6 is 7.92 Å². The first kappa shape index (κ1) is 12.4. The average molecular weight is 188 g/mol. The SMILES string of the molecule is CCC(CC(C)C)CP(C)CC. The van der Waals surface area contributed by atoms with Crippen LogP contribution in [-0.2, 0) is 0 Å². The van der Waals surface area contributed by atoms with Crippen LogP contribution in [-0.4, -0.2) is 19.0 Å². The zero-order valence-electron chi connectivity index (χ0n) is 9.43. The van der Waals surface area contributed by atoms with Crippen LogP contribution in [0.4, 0.5) is 0 Å². The minimum atomic E-state index is 0.346. The van der Waals surface area contributed by atoms with Crippen molar-refractivity contribution in [2.75, 3.05) is 19.0 Å². The first-order valence-corrected chi connectivity index (χ1v) is 7.44. The van der Waals surface area contributed by atoms with Crippen LogP contribution in [0, 0.1) is 11.8 Å². The minimum absolute atomic E-state index is 0.346. The van der Waals surface area contributed by atoms with E-state index < -0.39 is 0 Å². The molecule has 0 bridgehead atoms. The fourth-order valence-corrected chi connectivity index (χ4v) is 3.15. The molecule has 0 fully saturated rings. The Morgan fingerprint density at radius 2 is 1.75 bits per heavy atom. The van der Waals surface area contributed by atoms with Crippen LogP contribution in [0.1, 0.15) is 40.5 Å². The van der Waals surface area contributed by atoms with Gasteiger partial charge in [0.15, 0.2) is 0 Å². The second kappa shape index (κ2) is 6.89. The molecule has 2 atom stereocenters. The molecule has 0 heterocycles. The van der Waals surface area contributed by atoms with Crippen LogP contribution in [0.3, 0.4) is 0 Å². The van der Waals surface area contributed by atoms with Gasteiger partial charge in [-0.1, -0.05) is 34.1 Å². The number of hydrogen-bond donors (Lipinski definition) is 0. The maximum Gasteiger partial charge on any atom is -0.0300 e. The fraction of sp³-hybridized carbons (Fsp3) is 1.00. The van der Waals surface area contributed by atoms with Gasteiger partial charge in [-0.2, -0.15) is 0 Å². The van der Waals surface area contributed by atoms with Crippen molar-refractivity contribution in [3.8, 4) is 0 Å². The molecule has 1 heteroatoms. The Labute approximate surface area is 79.9 Å². The van der Waals surface area contributed by atoms with Crippen molar-refractivity contribution in [3.63, 3.8) is 0 Å². The van der Waals surface area contributed by atoms with E-state index in [9.17, 15) is 0 Å². The third-order valence-electron chi connectivity index (χ3n) is 2.49. The topological polar surface area (TPSA) is 0 Å². The highest BCUT2D eigenvalue weighted by atomic mass is 31.1. The zero-order valence-corrected chi connectivity index (χ0v) is 10.3. The maximum atomic E-state index is 2.44. The summed E-state index contributed by atoms with van der Waals surface area (Å²) in [5, 5.41) is 0. The molecule has 0 radical (unpaired) electrons. The summed E-state index contributed by atoms with van der Waals surface area (Å²) in [6, 6.07) is 0. The summed E-state index contributed by atoms with van der Waals surface area (Å²) in [4.78, 5) is 0. The molecule has 0 amide bonds. The van der Waals surface area contributed by atoms with Crippen LogP contribution in [0.15, 0.2) is 0 Å². The minimum Gasteiger partial charge on any atom is -0.110 e. The van der Waals surface area contributed by atoms with Gasteiger partial charge < -0.3 is 0 Å². The summed E-state index contributed by atoms with van der Waals surface area (Å²) >= 11 is 0. The van der Waals surface area contributed by atoms with E-state index in [-0.39, 0.29) is 0 Å². The molecule has 0 nitrogen and oxygen atoms in total. The van der Waals surface area contributed by atoms with Crippen LogP contribution in [0.5, 0.6) is 0 Å². The first-order valence-electron chi connectivity index (χ1n) is 5.28. The van der Waals surface area contributed by atoms with Gasteiger partial charge in [0, 0.05) is 0 Å². The Bertz CT molecular complexity index is 99.2. The van der Waals surface area contributed by atoms with E-state index in [4.69, 9.17) is 0 Å². The standard InChI is InChI=1S/C11H25P/c1-6-11(8-10(3)4)9-12(5)7-2/h10-11H,6-9H2,1-5H3. The summed E-state index contributed by atoms with van der Waals surface area (Å²) in [6.07, 6.45) is 5.72. The lowest BCUT2D eigenvalue weighted by Gasteiger charge is -2.20. The van der Waals surface area contributed by atoms with Crippen LogP contribution in [0.2, 0.25) is 0 Å². The van der Waals surface area contributed by atoms with Crippen molar-refractivity contribution >= 4 is 7.92 Å². The van der Waals surface area contributed by atoms with E-state index >= 15 is 0 Å². The van der Waals surface area contributed by atoms with Gasteiger partial charge in [-0.15, -0.1) is 7.92 Å². The van der Waals surface area contributed by atoms with Gasteiger partial charge in [-0.3, -0.25) is 0 Å². The van der Waals surface area contributed by atoms with Crippen LogP contribution < -0.4 is 0 Å². The smallest absolute Gasteiger partial charge is 0.0300 e. The molecule has 0 aromatic carbocycles. The predicted molar refractivity (Wildman–Crippen MR) is 61.5 cm³/mol. The lowest BCUT2D eigenvalue weighted by Crippen LogP contribution is -2.07. The average Bonchev–Trinajstić information content (AvgIpc) is 2.02. The zero-order chi connectivity index (χ0) is 9.56. The molecular formula is C11H25P. The third kappa shape index (κ3) is 6.00. The van der Waals surface area contributed by atoms with Gasteiger partial charge in [0.05, 0.1) is 0 Å². The summed E-state index contributed by atoms with van der Waals surface area (Å²) in [5.74, 6) is 1.89. The summed E-state index contributed by atoms with van der Waals surface area (Å²) in [5.41, 5.74) is 0. The Balaban J connectivity index is 3.66. The Morgan fingerprint density at radius 1 is 1.17 bits per heavy atom. The molecule has 12 heavy (non-hydrogen) atoms. The van der Waals surface area contributed by atoms with Crippen molar-refractivity contribution in [1.29, 1.82) is 0 Å². The van der Waals surface area contributed by atoms with Crippen LogP contribution in [0.25, 0.3) is 0 Å². The van der Waals surface area contributed by atoms with Gasteiger partial charge in [-0.25, -0.2) is 0 Å². The highest BCUT2D eigenvalue weighted by molar-refractivity contribution is 7.56. The van der Waals surface area contributed by atoms with Gasteiger partial charge >= 0.3 is 0 Å². The lowest BCUT2D eigenvalue weighted by atomic mass is 9.97. The number of rotatable bonds is 6. The van der Waals surface area contributed by atoms with Crippen molar-refractivity contribution in [3.05, 3.63) is 0 Å². The summed E-state index contributed by atoms with van der Waals surface area (Å²) in [7, 11) is 0.346. The number of hydrogen-bond acceptors (Lipinski definition) is 0. The highest BCUT2D eigenvalue weighted by Crippen LogP contribution is 2.35. The molecule has 0 aliphatic carbocycles. The highest BCUT2D eigenvalue weighted by Gasteiger charge is 2.11. The summed E-state index contributed by atoms with van der Waals surface area (Å²) in [6.45, 7) is 11.8. The predicted octanol–water partition coefficient (Wildman–Crippen LogP) is 4.19. The van der Waals surface area contributed by atoms with Crippen molar-refractivity contribution in [2.45, 2.75) is 40.5 Å². The lowest BCUT2D eigenvalue weighted by molar-refractivity contribution is 0.433. The fourth-order valence-electron chi connectivity index (χ4n) is 1.61. The molecule has 74 valence electrons. The Hall–Kier alpha value is 0.430. The van der Waals surface area contributed by atoms with Crippen molar-refractivity contribution in [2.24, 2.45) is 11.8 Å². The van der Waals surface area contributed by atoms with Gasteiger partial charge in [0.25, 0.3) is 0 Å². The molecule has 0 aliphatic heterocycles. The molecular weight excluding hydrogens is 163 g/mol. The summed E-state index contributed by atoms with van der Waals surface area (Å²) < 4.78 is 0. The van der Waals surface area contributed by atoms with E-state index in [1.54, 1.807) is 0 Å². The maximum absolute atomic E-state index is 2.44. The largest absolute Gasteiger partial charge is 0.110 e. The van der Waals surface area contributed by atoms with Gasteiger partial charge in [0.2, 0.25) is 0 Å². The molecule has 0 saturated heterocycles. The Morgan fingerprint density at radius 3 is 2.08 bits per heavy atom. The monoisotopic (exact) mass is 188 g/mol. The molecule has 0 aromatic rings. The molecule has 0 aromatic heterocycles. The van der Waals surface area contributed by atoms with Gasteiger partial charge in [-0.05, 0) is 37.2 Å². The molecule has 0 aliphatic rings. The van der Waals surface area contributed by atoms with Crippen molar-refractivity contribution in [1.82, 2.24) is 0 Å². The van der Waals surface area contributed by atoms with Gasteiger partial charge in [0.1, 0.15) is 0 Å². The third-order valence-corrected chi connectivity index (χ3v) is 4.71. The van der Waals surface area contributed by atoms with E-state index in [0.717, 1.165) is 11.8 Å². The second-order valence-electron chi connectivity index (χ2n) is 4.26.